The van der Waals surface area contributed by atoms with Crippen LogP contribution in [0.15, 0.2) is 50.8 Å². The van der Waals surface area contributed by atoms with E-state index in [4.69, 9.17) is 0 Å². The second-order valence-corrected chi connectivity index (χ2v) is 6.45. The van der Waals surface area contributed by atoms with Crippen LogP contribution in [0.1, 0.15) is 11.3 Å². The largest absolute Gasteiger partial charge is 0.352 e. The molecule has 3 aromatic rings. The highest BCUT2D eigenvalue weighted by atomic mass is 127. The highest BCUT2D eigenvalue weighted by Gasteiger charge is 2.04. The number of fused-ring (bicyclic) bond motifs is 1. The van der Waals surface area contributed by atoms with E-state index in [0.29, 0.717) is 6.54 Å². The Bertz CT molecular complexity index is 784. The molecule has 0 aliphatic rings. The van der Waals surface area contributed by atoms with Gasteiger partial charge in [-0.05, 0) is 50.5 Å². The van der Waals surface area contributed by atoms with Gasteiger partial charge in [-0.15, -0.1) is 24.0 Å². The number of halogens is 2. The molecule has 3 heterocycles. The number of nitrogens with one attached hydrogen (secondary N) is 2. The molecule has 0 radical (unpaired) electrons. The summed E-state index contributed by atoms with van der Waals surface area (Å²) in [6, 6.07) is 6.07. The molecule has 0 aliphatic heterocycles. The van der Waals surface area contributed by atoms with Crippen LogP contribution >= 0.6 is 51.2 Å². The van der Waals surface area contributed by atoms with E-state index in [1.807, 2.05) is 28.9 Å². The Labute approximate surface area is 164 Å². The number of pyridine rings is 1. The average molecular weight is 506 g/mol. The van der Waals surface area contributed by atoms with Gasteiger partial charge in [0.15, 0.2) is 5.96 Å². The summed E-state index contributed by atoms with van der Waals surface area (Å²) in [5.74, 6) is 0.768. The van der Waals surface area contributed by atoms with Crippen molar-refractivity contribution >= 4 is 62.9 Å². The Kier molecular flexibility index (Phi) is 6.85. The smallest absolute Gasteiger partial charge is 0.191 e. The molecule has 3 rings (SSSR count). The van der Waals surface area contributed by atoms with Gasteiger partial charge in [0.1, 0.15) is 5.65 Å². The first-order chi connectivity index (χ1) is 10.7. The monoisotopic (exact) mass is 505 g/mol. The van der Waals surface area contributed by atoms with Crippen molar-refractivity contribution in [2.75, 3.05) is 7.05 Å². The number of imidazole rings is 1. The zero-order valence-electron chi connectivity index (χ0n) is 12.5. The number of aliphatic imine (C=N–C) groups is 1. The van der Waals surface area contributed by atoms with E-state index < -0.39 is 0 Å². The van der Waals surface area contributed by atoms with E-state index in [1.54, 1.807) is 18.4 Å². The topological polar surface area (TPSA) is 53.7 Å². The van der Waals surface area contributed by atoms with Gasteiger partial charge in [-0.25, -0.2) is 4.98 Å². The van der Waals surface area contributed by atoms with Crippen LogP contribution in [0, 0.1) is 0 Å². The van der Waals surface area contributed by atoms with Gasteiger partial charge in [-0.2, -0.15) is 11.3 Å². The Hall–Kier alpha value is -1.13. The maximum absolute atomic E-state index is 4.57. The number of hydrogen-bond acceptors (Lipinski definition) is 3. The lowest BCUT2D eigenvalue weighted by Crippen LogP contribution is -2.36. The Morgan fingerprint density at radius 2 is 2.09 bits per heavy atom. The second-order valence-electron chi connectivity index (χ2n) is 4.76. The van der Waals surface area contributed by atoms with E-state index >= 15 is 0 Å². The van der Waals surface area contributed by atoms with Crippen molar-refractivity contribution in [2.24, 2.45) is 4.99 Å². The summed E-state index contributed by atoms with van der Waals surface area (Å²) in [7, 11) is 1.77. The molecule has 8 heteroatoms. The summed E-state index contributed by atoms with van der Waals surface area (Å²) in [6.45, 7) is 1.39. The molecular formula is C15H17BrIN5S. The first-order valence-corrected chi connectivity index (χ1v) is 8.57. The third-order valence-electron chi connectivity index (χ3n) is 3.17. The summed E-state index contributed by atoms with van der Waals surface area (Å²) >= 11 is 5.16. The SMILES string of the molecule is CN=C(NCc1ccsc1)NCc1cn2cc(Br)ccc2n1.I. The lowest BCUT2D eigenvalue weighted by atomic mass is 10.3. The van der Waals surface area contributed by atoms with Crippen molar-refractivity contribution in [3.05, 3.63) is 57.1 Å². The van der Waals surface area contributed by atoms with Crippen LogP contribution < -0.4 is 10.6 Å². The molecular weight excluding hydrogens is 489 g/mol. The minimum atomic E-state index is 0. The van der Waals surface area contributed by atoms with Crippen LogP contribution in [0.2, 0.25) is 0 Å². The number of nitrogens with zero attached hydrogens (tertiary/aromatic N) is 3. The highest BCUT2D eigenvalue weighted by molar-refractivity contribution is 14.0. The minimum absolute atomic E-state index is 0. The van der Waals surface area contributed by atoms with Gasteiger partial charge in [0.05, 0.1) is 12.2 Å². The maximum atomic E-state index is 4.57. The molecule has 23 heavy (non-hydrogen) atoms. The Morgan fingerprint density at radius 1 is 1.26 bits per heavy atom. The van der Waals surface area contributed by atoms with Crippen LogP contribution in [0.3, 0.4) is 0 Å². The lowest BCUT2D eigenvalue weighted by molar-refractivity contribution is 0.800. The number of guanidine groups is 1. The fourth-order valence-corrected chi connectivity index (χ4v) is 3.10. The van der Waals surface area contributed by atoms with E-state index in [2.05, 4.69) is 53.4 Å². The molecule has 0 aliphatic carbocycles. The molecule has 0 saturated carbocycles. The molecule has 0 spiro atoms. The van der Waals surface area contributed by atoms with Crippen molar-refractivity contribution in [3.63, 3.8) is 0 Å². The van der Waals surface area contributed by atoms with E-state index in [1.165, 1.54) is 5.56 Å². The number of hydrogen-bond donors (Lipinski definition) is 2. The van der Waals surface area contributed by atoms with E-state index in [9.17, 15) is 0 Å². The molecule has 0 amide bonds. The fourth-order valence-electron chi connectivity index (χ4n) is 2.08. The Morgan fingerprint density at radius 3 is 2.83 bits per heavy atom. The maximum Gasteiger partial charge on any atom is 0.191 e. The van der Waals surface area contributed by atoms with Crippen LogP contribution in [-0.2, 0) is 13.1 Å². The average Bonchev–Trinajstić information content (AvgIpc) is 3.16. The summed E-state index contributed by atoms with van der Waals surface area (Å²) in [6.07, 6.45) is 4.01. The van der Waals surface area contributed by atoms with Crippen LogP contribution in [0.5, 0.6) is 0 Å². The van der Waals surface area contributed by atoms with Gasteiger partial charge in [-0.1, -0.05) is 0 Å². The number of aromatic nitrogens is 2. The highest BCUT2D eigenvalue weighted by Crippen LogP contribution is 2.12. The van der Waals surface area contributed by atoms with Gasteiger partial charge >= 0.3 is 0 Å². The van der Waals surface area contributed by atoms with Gasteiger partial charge in [0.2, 0.25) is 0 Å². The third-order valence-corrected chi connectivity index (χ3v) is 4.37. The molecule has 0 bridgehead atoms. The van der Waals surface area contributed by atoms with E-state index in [0.717, 1.165) is 28.3 Å². The summed E-state index contributed by atoms with van der Waals surface area (Å²) in [4.78, 5) is 8.79. The lowest BCUT2D eigenvalue weighted by Gasteiger charge is -2.09. The van der Waals surface area contributed by atoms with E-state index in [-0.39, 0.29) is 24.0 Å². The predicted molar refractivity (Wildman–Crippen MR) is 110 cm³/mol. The fraction of sp³-hybridized carbons (Fsp3) is 0.200. The van der Waals surface area contributed by atoms with Crippen LogP contribution in [0.4, 0.5) is 0 Å². The quantitative estimate of drug-likeness (QED) is 0.323. The number of thiophene rings is 1. The summed E-state index contributed by atoms with van der Waals surface area (Å²) in [5, 5.41) is 10.8. The van der Waals surface area contributed by atoms with Crippen molar-refractivity contribution in [2.45, 2.75) is 13.1 Å². The normalized spacial score (nSPS) is 11.3. The second kappa shape index (κ2) is 8.65. The Balaban J connectivity index is 0.00000192. The standard InChI is InChI=1S/C15H16BrN5S.HI/c1-17-15(18-6-11-4-5-22-10-11)19-7-13-9-21-8-12(16)2-3-14(21)20-13;/h2-5,8-10H,6-7H2,1H3,(H2,17,18,19);1H. The molecule has 0 saturated heterocycles. The van der Waals surface area contributed by atoms with Gasteiger partial charge in [0, 0.05) is 30.5 Å². The first-order valence-electron chi connectivity index (χ1n) is 6.83. The van der Waals surface area contributed by atoms with Crippen LogP contribution in [-0.4, -0.2) is 22.4 Å². The molecule has 0 aromatic carbocycles. The summed E-state index contributed by atoms with van der Waals surface area (Å²) < 4.78 is 3.04. The zero-order chi connectivity index (χ0) is 15.4. The van der Waals surface area contributed by atoms with Crippen molar-refractivity contribution in [3.8, 4) is 0 Å². The van der Waals surface area contributed by atoms with Crippen molar-refractivity contribution in [1.29, 1.82) is 0 Å². The summed E-state index contributed by atoms with van der Waals surface area (Å²) in [5.41, 5.74) is 3.16. The molecule has 0 atom stereocenters. The molecule has 0 unspecified atom stereocenters. The molecule has 2 N–H and O–H groups in total. The van der Waals surface area contributed by atoms with Gasteiger partial charge in [0.25, 0.3) is 0 Å². The molecule has 0 fully saturated rings. The first kappa shape index (κ1) is 18.2. The molecule has 122 valence electrons. The predicted octanol–water partition coefficient (Wildman–Crippen LogP) is 3.64. The minimum Gasteiger partial charge on any atom is -0.352 e. The van der Waals surface area contributed by atoms with Crippen molar-refractivity contribution < 1.29 is 0 Å². The number of rotatable bonds is 4. The third kappa shape index (κ3) is 4.92. The van der Waals surface area contributed by atoms with Crippen LogP contribution in [0.25, 0.3) is 5.65 Å². The van der Waals surface area contributed by atoms with Gasteiger partial charge in [-0.3, -0.25) is 4.99 Å². The van der Waals surface area contributed by atoms with Crippen molar-refractivity contribution in [1.82, 2.24) is 20.0 Å². The molecule has 3 aromatic heterocycles. The molecule has 5 nitrogen and oxygen atoms in total. The zero-order valence-corrected chi connectivity index (χ0v) is 17.2. The van der Waals surface area contributed by atoms with Gasteiger partial charge < -0.3 is 15.0 Å².